The van der Waals surface area contributed by atoms with Crippen molar-refractivity contribution in [2.45, 2.75) is 25.1 Å². The van der Waals surface area contributed by atoms with Gasteiger partial charge >= 0.3 is 0 Å². The molecule has 2 aromatic rings. The number of carbonyl (C=O) groups is 1. The molecular weight excluding hydrogens is 363 g/mol. The van der Waals surface area contributed by atoms with E-state index in [9.17, 15) is 14.3 Å². The highest BCUT2D eigenvalue weighted by molar-refractivity contribution is 5.91. The van der Waals surface area contributed by atoms with Gasteiger partial charge in [-0.25, -0.2) is 9.37 Å². The Kier molecular flexibility index (Phi) is 5.58. The highest BCUT2D eigenvalue weighted by Crippen LogP contribution is 2.28. The number of rotatable bonds is 6. The minimum absolute atomic E-state index is 0.00732. The van der Waals surface area contributed by atoms with E-state index in [4.69, 9.17) is 15.6 Å². The van der Waals surface area contributed by atoms with Gasteiger partial charge in [-0.3, -0.25) is 4.79 Å². The first kappa shape index (κ1) is 19.7. The normalized spacial score (nSPS) is 19.8. The second-order valence-corrected chi connectivity index (χ2v) is 6.78. The summed E-state index contributed by atoms with van der Waals surface area (Å²) in [7, 11) is 0. The van der Waals surface area contributed by atoms with Gasteiger partial charge in [-0.05, 0) is 67.1 Å². The summed E-state index contributed by atoms with van der Waals surface area (Å²) >= 11 is 0. The van der Waals surface area contributed by atoms with Crippen molar-refractivity contribution in [1.82, 2.24) is 4.98 Å². The predicted molar refractivity (Wildman–Crippen MR) is 102 cm³/mol. The van der Waals surface area contributed by atoms with Crippen molar-refractivity contribution >= 4 is 5.91 Å². The molecule has 1 heterocycles. The van der Waals surface area contributed by atoms with E-state index < -0.39 is 24.3 Å². The van der Waals surface area contributed by atoms with Gasteiger partial charge in [0.2, 0.25) is 0 Å². The molecule has 3 rings (SSSR count). The largest absolute Gasteiger partial charge is 0.458 e. The highest BCUT2D eigenvalue weighted by Gasteiger charge is 2.21. The van der Waals surface area contributed by atoms with Gasteiger partial charge in [-0.1, -0.05) is 0 Å². The zero-order valence-corrected chi connectivity index (χ0v) is 15.3. The van der Waals surface area contributed by atoms with Crippen molar-refractivity contribution in [2.75, 3.05) is 6.61 Å². The quantitative estimate of drug-likeness (QED) is 0.710. The molecule has 1 amide bonds. The molecule has 0 saturated heterocycles. The molecule has 1 aliphatic rings. The van der Waals surface area contributed by atoms with Crippen LogP contribution in [0.4, 0.5) is 4.39 Å². The smallest absolute Gasteiger partial charge is 0.267 e. The number of amides is 1. The maximum absolute atomic E-state index is 13.8. The first-order valence-electron chi connectivity index (χ1n) is 8.75. The van der Waals surface area contributed by atoms with E-state index >= 15 is 0 Å². The van der Waals surface area contributed by atoms with Crippen LogP contribution in [0.15, 0.2) is 60.4 Å². The highest BCUT2D eigenvalue weighted by atomic mass is 19.1. The molecule has 2 atom stereocenters. The lowest BCUT2D eigenvalue weighted by molar-refractivity contribution is 0.0948. The molecule has 0 aliphatic heterocycles. The molecule has 28 heavy (non-hydrogen) atoms. The summed E-state index contributed by atoms with van der Waals surface area (Å²) in [6.07, 6.45) is 3.85. The number of alkyl halides is 1. The minimum atomic E-state index is -1.36. The summed E-state index contributed by atoms with van der Waals surface area (Å²) < 4.78 is 19.5. The van der Waals surface area contributed by atoms with Crippen LogP contribution >= 0.6 is 0 Å². The van der Waals surface area contributed by atoms with Crippen molar-refractivity contribution in [3.63, 3.8) is 0 Å². The lowest BCUT2D eigenvalue weighted by Crippen LogP contribution is -2.16. The van der Waals surface area contributed by atoms with Gasteiger partial charge in [0, 0.05) is 12.0 Å². The number of ether oxygens (including phenoxy) is 1. The first-order chi connectivity index (χ1) is 13.3. The third kappa shape index (κ3) is 4.62. The number of benzene rings is 1. The van der Waals surface area contributed by atoms with Crippen molar-refractivity contribution < 1.29 is 24.1 Å². The Hall–Kier alpha value is -3.03. The SMILES string of the molecule is CC1(F)C=CC(Oc2ccc(-c3cc([C@H](O)CO)cc(C(N)=O)n3)cc2)=CC1. The van der Waals surface area contributed by atoms with E-state index in [1.165, 1.54) is 19.1 Å². The van der Waals surface area contributed by atoms with Crippen LogP contribution in [0.3, 0.4) is 0 Å². The van der Waals surface area contributed by atoms with E-state index in [0.717, 1.165) is 0 Å². The molecule has 1 aromatic heterocycles. The summed E-state index contributed by atoms with van der Waals surface area (Å²) in [6, 6.07) is 9.85. The van der Waals surface area contributed by atoms with Crippen LogP contribution in [0.25, 0.3) is 11.3 Å². The summed E-state index contributed by atoms with van der Waals surface area (Å²) in [4.78, 5) is 15.7. The molecule has 0 saturated carbocycles. The Labute approximate surface area is 161 Å². The molecular formula is C21H21FN2O4. The van der Waals surface area contributed by atoms with Crippen LogP contribution in [0, 0.1) is 0 Å². The lowest BCUT2D eigenvalue weighted by atomic mass is 9.99. The fourth-order valence-electron chi connectivity index (χ4n) is 2.72. The Balaban J connectivity index is 1.83. The van der Waals surface area contributed by atoms with E-state index in [-0.39, 0.29) is 12.1 Å². The van der Waals surface area contributed by atoms with Gasteiger partial charge in [-0.2, -0.15) is 0 Å². The van der Waals surface area contributed by atoms with Gasteiger partial charge < -0.3 is 20.7 Å². The maximum atomic E-state index is 13.8. The number of hydrogen-bond acceptors (Lipinski definition) is 5. The van der Waals surface area contributed by atoms with Gasteiger partial charge in [-0.15, -0.1) is 0 Å². The summed E-state index contributed by atoms with van der Waals surface area (Å²) in [5.74, 6) is 0.387. The number of aromatic nitrogens is 1. The number of aliphatic hydroxyl groups is 2. The van der Waals surface area contributed by atoms with Crippen molar-refractivity contribution in [2.24, 2.45) is 5.73 Å². The molecule has 4 N–H and O–H groups in total. The van der Waals surface area contributed by atoms with Crippen LogP contribution in [-0.2, 0) is 0 Å². The van der Waals surface area contributed by atoms with Gasteiger partial charge in [0.25, 0.3) is 5.91 Å². The summed E-state index contributed by atoms with van der Waals surface area (Å²) in [5.41, 5.74) is 5.39. The van der Waals surface area contributed by atoms with Crippen LogP contribution in [0.5, 0.6) is 5.75 Å². The van der Waals surface area contributed by atoms with Crippen LogP contribution in [0.1, 0.15) is 35.5 Å². The van der Waals surface area contributed by atoms with Gasteiger partial charge in [0.15, 0.2) is 0 Å². The van der Waals surface area contributed by atoms with Crippen LogP contribution in [-0.4, -0.2) is 33.4 Å². The Morgan fingerprint density at radius 3 is 2.64 bits per heavy atom. The van der Waals surface area contributed by atoms with E-state index in [1.807, 2.05) is 0 Å². The Bertz CT molecular complexity index is 936. The average molecular weight is 384 g/mol. The minimum Gasteiger partial charge on any atom is -0.458 e. The summed E-state index contributed by atoms with van der Waals surface area (Å²) in [6.45, 7) is 1.01. The summed E-state index contributed by atoms with van der Waals surface area (Å²) in [5, 5.41) is 19.0. The number of nitrogens with zero attached hydrogens (tertiary/aromatic N) is 1. The second-order valence-electron chi connectivity index (χ2n) is 6.78. The van der Waals surface area contributed by atoms with Crippen LogP contribution in [0.2, 0.25) is 0 Å². The molecule has 1 aliphatic carbocycles. The Morgan fingerprint density at radius 1 is 1.36 bits per heavy atom. The van der Waals surface area contributed by atoms with E-state index in [2.05, 4.69) is 4.98 Å². The fraction of sp³-hybridized carbons (Fsp3) is 0.238. The van der Waals surface area contributed by atoms with Gasteiger partial charge in [0.1, 0.15) is 29.0 Å². The molecule has 6 nitrogen and oxygen atoms in total. The third-order valence-corrected chi connectivity index (χ3v) is 4.34. The second kappa shape index (κ2) is 7.92. The number of hydrogen-bond donors (Lipinski definition) is 3. The molecule has 0 spiro atoms. The molecule has 0 radical (unpaired) electrons. The fourth-order valence-corrected chi connectivity index (χ4v) is 2.72. The molecule has 7 heteroatoms. The van der Waals surface area contributed by atoms with E-state index in [1.54, 1.807) is 42.5 Å². The number of pyridine rings is 1. The Morgan fingerprint density at radius 2 is 2.07 bits per heavy atom. The first-order valence-corrected chi connectivity index (χ1v) is 8.75. The molecule has 1 aromatic carbocycles. The number of nitrogens with two attached hydrogens (primary N) is 1. The molecule has 146 valence electrons. The number of primary amides is 1. The third-order valence-electron chi connectivity index (χ3n) is 4.34. The zero-order chi connectivity index (χ0) is 20.3. The van der Waals surface area contributed by atoms with Gasteiger partial charge in [0.05, 0.1) is 12.3 Å². The van der Waals surface area contributed by atoms with E-state index in [0.29, 0.717) is 28.3 Å². The number of allylic oxidation sites excluding steroid dienone is 3. The van der Waals surface area contributed by atoms with Crippen molar-refractivity contribution in [1.29, 1.82) is 0 Å². The molecule has 0 bridgehead atoms. The number of aliphatic hydroxyl groups excluding tert-OH is 2. The molecule has 0 fully saturated rings. The number of halogens is 1. The topological polar surface area (TPSA) is 106 Å². The lowest BCUT2D eigenvalue weighted by Gasteiger charge is -2.19. The van der Waals surface area contributed by atoms with Crippen molar-refractivity contribution in [3.05, 3.63) is 71.6 Å². The number of carbonyl (C=O) groups excluding carboxylic acids is 1. The van der Waals surface area contributed by atoms with Crippen LogP contribution < -0.4 is 10.5 Å². The average Bonchev–Trinajstić information content (AvgIpc) is 2.69. The standard InChI is InChI=1S/C21H21FN2O4/c1-21(22)8-6-16(7-9-21)28-15-4-2-13(3-5-15)17-10-14(19(26)12-25)11-18(24-17)20(23)27/h2-8,10-11,19,25-26H,9,12H2,1H3,(H2,23,27)/t19-,21?/m1/s1. The maximum Gasteiger partial charge on any atom is 0.267 e. The zero-order valence-electron chi connectivity index (χ0n) is 15.3. The molecule has 1 unspecified atom stereocenters. The monoisotopic (exact) mass is 384 g/mol. The predicted octanol–water partition coefficient (Wildman–Crippen LogP) is 2.82. The van der Waals surface area contributed by atoms with Crippen molar-refractivity contribution in [3.8, 4) is 17.0 Å².